The van der Waals surface area contributed by atoms with Gasteiger partial charge in [-0.05, 0) is 61.0 Å². The molecule has 2 heterocycles. The van der Waals surface area contributed by atoms with Crippen molar-refractivity contribution in [2.24, 2.45) is 0 Å². The van der Waals surface area contributed by atoms with Crippen LogP contribution in [0.2, 0.25) is 5.02 Å². The first kappa shape index (κ1) is 24.8. The van der Waals surface area contributed by atoms with Crippen LogP contribution in [0.15, 0.2) is 72.9 Å². The van der Waals surface area contributed by atoms with Gasteiger partial charge in [-0.1, -0.05) is 40.6 Å². The summed E-state index contributed by atoms with van der Waals surface area (Å²) in [7, 11) is 0. The van der Waals surface area contributed by atoms with Crippen molar-refractivity contribution in [3.05, 3.63) is 100 Å². The number of rotatable bonds is 5. The summed E-state index contributed by atoms with van der Waals surface area (Å²) < 4.78 is 61.9. The maximum Gasteiger partial charge on any atom is 0.416 e. The minimum atomic E-state index is -4.78. The summed E-state index contributed by atoms with van der Waals surface area (Å²) in [5.41, 5.74) is 1.52. The van der Waals surface area contributed by atoms with Gasteiger partial charge in [-0.3, -0.25) is 4.90 Å². The van der Waals surface area contributed by atoms with Crippen LogP contribution in [-0.4, -0.2) is 27.2 Å². The number of nitrogens with zero attached hydrogens (tertiary/aromatic N) is 4. The number of hydrogen-bond donors (Lipinski definition) is 0. The number of cyclic esters (lactones) is 1. The Morgan fingerprint density at radius 2 is 1.81 bits per heavy atom. The summed E-state index contributed by atoms with van der Waals surface area (Å²) in [6.45, 7) is 1.91. The van der Waals surface area contributed by atoms with E-state index in [1.54, 1.807) is 6.20 Å². The zero-order valence-electron chi connectivity index (χ0n) is 19.3. The monoisotopic (exact) mass is 530 g/mol. The SMILES string of the molecule is Cc1cccc(-c2cn(C[C@@H]3OC(=O)N(c4ccc(Cl)cc4)[C@H]3c3cc(F)cc(C(F)(F)F)c3)nn2)c1. The molecule has 0 N–H and O–H groups in total. The van der Waals surface area contributed by atoms with Crippen molar-refractivity contribution in [1.29, 1.82) is 0 Å². The summed E-state index contributed by atoms with van der Waals surface area (Å²) in [5, 5.41) is 8.68. The number of aromatic nitrogens is 3. The average Bonchev–Trinajstić information content (AvgIpc) is 3.43. The first-order valence-corrected chi connectivity index (χ1v) is 11.6. The van der Waals surface area contributed by atoms with Crippen molar-refractivity contribution >= 4 is 23.4 Å². The molecule has 0 bridgehead atoms. The number of halogens is 5. The zero-order chi connectivity index (χ0) is 26.3. The molecule has 1 aliphatic heterocycles. The highest BCUT2D eigenvalue weighted by Gasteiger charge is 2.45. The second-order valence-electron chi connectivity index (χ2n) is 8.68. The van der Waals surface area contributed by atoms with Gasteiger partial charge in [0.25, 0.3) is 0 Å². The molecule has 190 valence electrons. The normalized spacial score (nSPS) is 17.8. The van der Waals surface area contributed by atoms with E-state index in [0.717, 1.165) is 23.3 Å². The Kier molecular flexibility index (Phi) is 6.36. The third-order valence-corrected chi connectivity index (χ3v) is 6.24. The minimum Gasteiger partial charge on any atom is -0.441 e. The van der Waals surface area contributed by atoms with Gasteiger partial charge in [0.05, 0.1) is 18.3 Å². The Morgan fingerprint density at radius 3 is 2.51 bits per heavy atom. The molecule has 11 heteroatoms. The van der Waals surface area contributed by atoms with E-state index in [-0.39, 0.29) is 12.1 Å². The van der Waals surface area contributed by atoms with Gasteiger partial charge in [0, 0.05) is 16.3 Å². The first-order chi connectivity index (χ1) is 17.6. The summed E-state index contributed by atoms with van der Waals surface area (Å²) >= 11 is 5.97. The van der Waals surface area contributed by atoms with E-state index in [1.807, 2.05) is 31.2 Å². The lowest BCUT2D eigenvalue weighted by Crippen LogP contribution is -2.31. The first-order valence-electron chi connectivity index (χ1n) is 11.2. The molecular weight excluding hydrogens is 512 g/mol. The molecule has 3 aromatic carbocycles. The van der Waals surface area contributed by atoms with E-state index in [4.69, 9.17) is 16.3 Å². The lowest BCUT2D eigenvalue weighted by molar-refractivity contribution is -0.137. The fourth-order valence-electron chi connectivity index (χ4n) is 4.35. The maximum absolute atomic E-state index is 14.4. The number of benzene rings is 3. The molecule has 6 nitrogen and oxygen atoms in total. The van der Waals surface area contributed by atoms with Crippen molar-refractivity contribution < 1.29 is 27.1 Å². The van der Waals surface area contributed by atoms with E-state index in [2.05, 4.69) is 10.3 Å². The van der Waals surface area contributed by atoms with Crippen LogP contribution in [0.25, 0.3) is 11.3 Å². The van der Waals surface area contributed by atoms with Crippen LogP contribution in [0.3, 0.4) is 0 Å². The van der Waals surface area contributed by atoms with Gasteiger partial charge in [-0.2, -0.15) is 13.2 Å². The smallest absolute Gasteiger partial charge is 0.416 e. The van der Waals surface area contributed by atoms with Crippen LogP contribution in [0, 0.1) is 12.7 Å². The predicted octanol–water partition coefficient (Wildman–Crippen LogP) is 6.83. The summed E-state index contributed by atoms with van der Waals surface area (Å²) in [4.78, 5) is 14.2. The number of aryl methyl sites for hydroxylation is 1. The fourth-order valence-corrected chi connectivity index (χ4v) is 4.48. The largest absolute Gasteiger partial charge is 0.441 e. The second kappa shape index (κ2) is 9.51. The zero-order valence-corrected chi connectivity index (χ0v) is 20.0. The number of anilines is 1. The molecule has 1 amide bonds. The summed E-state index contributed by atoms with van der Waals surface area (Å²) in [6, 6.07) is 14.9. The van der Waals surface area contributed by atoms with Gasteiger partial charge >= 0.3 is 12.3 Å². The highest BCUT2D eigenvalue weighted by atomic mass is 35.5. The van der Waals surface area contributed by atoms with E-state index in [9.17, 15) is 22.4 Å². The van der Waals surface area contributed by atoms with Crippen molar-refractivity contribution in [2.45, 2.75) is 31.8 Å². The summed E-state index contributed by atoms with van der Waals surface area (Å²) in [6.07, 6.45) is -4.93. The van der Waals surface area contributed by atoms with Crippen LogP contribution in [0.5, 0.6) is 0 Å². The Morgan fingerprint density at radius 1 is 1.05 bits per heavy atom. The molecule has 0 saturated carbocycles. The molecule has 4 aromatic rings. The fraction of sp³-hybridized carbons (Fsp3) is 0.192. The van der Waals surface area contributed by atoms with Crippen LogP contribution >= 0.6 is 11.6 Å². The molecule has 0 aliphatic carbocycles. The van der Waals surface area contributed by atoms with Crippen molar-refractivity contribution in [3.8, 4) is 11.3 Å². The Bertz CT molecular complexity index is 1460. The predicted molar refractivity (Wildman–Crippen MR) is 129 cm³/mol. The molecule has 1 aromatic heterocycles. The van der Waals surface area contributed by atoms with Gasteiger partial charge in [-0.15, -0.1) is 5.10 Å². The average molecular weight is 531 g/mol. The standard InChI is InChI=1S/C26H19ClF4N4O2/c1-15-3-2-4-16(9-15)22-13-34(33-32-22)14-23-24(17-10-18(26(29,30)31)12-20(28)11-17)35(25(36)37-23)21-7-5-19(27)6-8-21/h2-13,23-24H,14H2,1H3/t23-,24-/m0/s1. The third kappa shape index (κ3) is 5.15. The molecule has 1 saturated heterocycles. The topological polar surface area (TPSA) is 60.2 Å². The van der Waals surface area contributed by atoms with Crippen molar-refractivity contribution in [2.75, 3.05) is 4.90 Å². The van der Waals surface area contributed by atoms with E-state index < -0.39 is 35.8 Å². The number of carbonyl (C=O) groups excluding carboxylic acids is 1. The van der Waals surface area contributed by atoms with Crippen LogP contribution in [0.4, 0.5) is 28.0 Å². The van der Waals surface area contributed by atoms with Crippen LogP contribution in [0.1, 0.15) is 22.7 Å². The van der Waals surface area contributed by atoms with E-state index in [0.29, 0.717) is 22.5 Å². The molecule has 1 fully saturated rings. The van der Waals surface area contributed by atoms with Gasteiger partial charge in [0.1, 0.15) is 23.7 Å². The molecule has 0 spiro atoms. The van der Waals surface area contributed by atoms with Crippen LogP contribution < -0.4 is 4.90 Å². The van der Waals surface area contributed by atoms with E-state index in [1.165, 1.54) is 33.8 Å². The molecule has 5 rings (SSSR count). The Hall–Kier alpha value is -3.92. The molecule has 0 radical (unpaired) electrons. The molecule has 2 atom stereocenters. The molecule has 37 heavy (non-hydrogen) atoms. The third-order valence-electron chi connectivity index (χ3n) is 5.99. The van der Waals surface area contributed by atoms with E-state index >= 15 is 0 Å². The van der Waals surface area contributed by atoms with Crippen molar-refractivity contribution in [3.63, 3.8) is 0 Å². The number of hydrogen-bond acceptors (Lipinski definition) is 4. The van der Waals surface area contributed by atoms with Gasteiger partial charge in [-0.25, -0.2) is 13.9 Å². The lowest BCUT2D eigenvalue weighted by Gasteiger charge is -2.26. The number of ether oxygens (including phenoxy) is 1. The lowest BCUT2D eigenvalue weighted by atomic mass is 9.97. The number of amides is 1. The van der Waals surface area contributed by atoms with Gasteiger partial charge < -0.3 is 4.74 Å². The van der Waals surface area contributed by atoms with Crippen molar-refractivity contribution in [1.82, 2.24) is 15.0 Å². The van der Waals surface area contributed by atoms with Gasteiger partial charge in [0.15, 0.2) is 0 Å². The Labute approximate surface area is 214 Å². The Balaban J connectivity index is 1.54. The second-order valence-corrected chi connectivity index (χ2v) is 9.12. The number of alkyl halides is 3. The maximum atomic E-state index is 14.4. The van der Waals surface area contributed by atoms with Crippen LogP contribution in [-0.2, 0) is 17.5 Å². The quantitative estimate of drug-likeness (QED) is 0.265. The molecular formula is C26H19ClF4N4O2. The highest BCUT2D eigenvalue weighted by Crippen LogP contribution is 2.41. The minimum absolute atomic E-state index is 0.0306. The molecule has 1 aliphatic rings. The highest BCUT2D eigenvalue weighted by molar-refractivity contribution is 6.30. The summed E-state index contributed by atoms with van der Waals surface area (Å²) in [5.74, 6) is -1.08. The van der Waals surface area contributed by atoms with Gasteiger partial charge in [0.2, 0.25) is 0 Å². The number of carbonyl (C=O) groups is 1. The molecule has 0 unspecified atom stereocenters.